The van der Waals surface area contributed by atoms with Gasteiger partial charge in [-0.3, -0.25) is 18.0 Å². The Hall–Kier alpha value is 0.610. The molecule has 8 rings (SSSR count). The van der Waals surface area contributed by atoms with Gasteiger partial charge >= 0.3 is 59.1 Å². The van der Waals surface area contributed by atoms with Crippen molar-refractivity contribution in [3.05, 3.63) is 23.3 Å². The van der Waals surface area contributed by atoms with Crippen molar-refractivity contribution in [1.29, 1.82) is 0 Å². The Labute approximate surface area is 338 Å². The number of aliphatic hydroxyl groups is 2. The van der Waals surface area contributed by atoms with E-state index in [2.05, 4.69) is 39.8 Å². The van der Waals surface area contributed by atoms with Crippen LogP contribution in [-0.4, -0.2) is 51.5 Å². The van der Waals surface area contributed by atoms with E-state index in [1.165, 1.54) is 24.0 Å². The first-order valence-corrected chi connectivity index (χ1v) is 19.7. The Morgan fingerprint density at radius 1 is 0.592 bits per heavy atom. The monoisotopic (exact) mass is 718 g/mol. The zero-order valence-corrected chi connectivity index (χ0v) is 35.7. The van der Waals surface area contributed by atoms with Crippen molar-refractivity contribution in [1.82, 2.24) is 0 Å². The molecule has 0 aromatic heterocycles. The van der Waals surface area contributed by atoms with E-state index in [4.69, 9.17) is 17.5 Å². The second-order valence-electron chi connectivity index (χ2n) is 17.6. The second kappa shape index (κ2) is 15.4. The van der Waals surface area contributed by atoms with Crippen molar-refractivity contribution in [3.63, 3.8) is 0 Å². The predicted molar refractivity (Wildman–Crippen MR) is 176 cm³/mol. The number of hydrogen-bond donors (Lipinski definition) is 2. The molecule has 0 heterocycles. The number of allylic oxidation sites excluding steroid dienone is 2. The summed E-state index contributed by atoms with van der Waals surface area (Å²) in [5.41, 5.74) is 3.61. The van der Waals surface area contributed by atoms with E-state index < -0.39 is 10.4 Å². The first-order chi connectivity index (χ1) is 21.9. The summed E-state index contributed by atoms with van der Waals surface area (Å²) >= 11 is 0. The third kappa shape index (κ3) is 7.77. The van der Waals surface area contributed by atoms with Crippen LogP contribution in [0.4, 0.5) is 0 Å². The van der Waals surface area contributed by atoms with E-state index in [-0.39, 0.29) is 82.2 Å². The fraction of sp³-hybridized carbons (Fsp3) is 0.842. The zero-order chi connectivity index (χ0) is 34.2. The molecule has 0 saturated heterocycles. The number of fused-ring (bicyclic) bond motifs is 10. The molecule has 0 aromatic rings. The summed E-state index contributed by atoms with van der Waals surface area (Å²) in [5, 5.41) is 20.0. The first-order valence-electron chi connectivity index (χ1n) is 18.4. The van der Waals surface area contributed by atoms with Crippen molar-refractivity contribution in [2.24, 2.45) is 57.2 Å². The number of hydrogen-bond acceptors (Lipinski definition) is 8. The summed E-state index contributed by atoms with van der Waals surface area (Å²) in [7, 11) is -5.17. The van der Waals surface area contributed by atoms with Crippen LogP contribution in [0, 0.1) is 57.2 Å². The number of aliphatic hydroxyl groups excluding tert-OH is 2. The molecule has 0 spiro atoms. The second-order valence-corrected chi connectivity index (χ2v) is 18.4. The van der Waals surface area contributed by atoms with Crippen molar-refractivity contribution in [3.8, 4) is 0 Å². The molecule has 0 aromatic carbocycles. The molecule has 12 atom stereocenters. The molecule has 6 saturated carbocycles. The maximum Gasteiger partial charge on any atom is 1.00 e. The molecular formula is C38H56Na2O8S. The molecule has 8 aliphatic rings. The van der Waals surface area contributed by atoms with Crippen molar-refractivity contribution < 1.29 is 96.4 Å². The van der Waals surface area contributed by atoms with Gasteiger partial charge in [0, 0.05) is 34.1 Å². The number of rotatable bonds is 0. The molecule has 0 aliphatic heterocycles. The smallest absolute Gasteiger partial charge is 0.759 e. The minimum atomic E-state index is -5.17. The van der Waals surface area contributed by atoms with Crippen molar-refractivity contribution in [2.75, 3.05) is 0 Å². The van der Waals surface area contributed by atoms with E-state index >= 15 is 0 Å². The SMILES string of the molecule is C[C@]12CC[C@H](O)CC1=CCC1C2CC[C@]2(C)C(=O)CCC12.C[C@]12CC[C@H](O)CC1=CC[C@@H]1C3CCC(=O)[C@@]3(C)CC[C@H]12.O=S(=O)([O-])[O-].[Na+].[Na+]. The summed E-state index contributed by atoms with van der Waals surface area (Å²) in [4.78, 5) is 24.7. The summed E-state index contributed by atoms with van der Waals surface area (Å²) in [5.74, 6) is 5.20. The third-order valence-corrected chi connectivity index (χ3v) is 15.6. The van der Waals surface area contributed by atoms with Crippen LogP contribution in [-0.2, 0) is 20.0 Å². The van der Waals surface area contributed by atoms with Crippen molar-refractivity contribution in [2.45, 2.75) is 143 Å². The summed E-state index contributed by atoms with van der Waals surface area (Å²) in [6, 6.07) is 0. The van der Waals surface area contributed by atoms with Gasteiger partial charge in [0.25, 0.3) is 0 Å². The molecule has 11 heteroatoms. The third-order valence-electron chi connectivity index (χ3n) is 15.6. The minimum Gasteiger partial charge on any atom is -0.759 e. The van der Waals surface area contributed by atoms with Gasteiger partial charge < -0.3 is 19.3 Å². The summed E-state index contributed by atoms with van der Waals surface area (Å²) in [6.45, 7) is 9.38. The van der Waals surface area contributed by atoms with Crippen LogP contribution in [0.5, 0.6) is 0 Å². The molecule has 8 nitrogen and oxygen atoms in total. The Morgan fingerprint density at radius 2 is 0.898 bits per heavy atom. The van der Waals surface area contributed by atoms with E-state index in [0.717, 1.165) is 102 Å². The van der Waals surface area contributed by atoms with E-state index in [1.807, 2.05) is 0 Å². The zero-order valence-electron chi connectivity index (χ0n) is 30.8. The number of carbonyl (C=O) groups is 2. The van der Waals surface area contributed by atoms with Gasteiger partial charge in [-0.1, -0.05) is 51.0 Å². The van der Waals surface area contributed by atoms with Crippen LogP contribution in [0.3, 0.4) is 0 Å². The van der Waals surface area contributed by atoms with Gasteiger partial charge in [-0.15, -0.1) is 0 Å². The normalized spacial score (nSPS) is 46.4. The Bertz CT molecular complexity index is 1350. The van der Waals surface area contributed by atoms with Crippen LogP contribution < -0.4 is 59.1 Å². The largest absolute Gasteiger partial charge is 1.00 e. The molecule has 4 unspecified atom stereocenters. The molecule has 0 amide bonds. The minimum absolute atomic E-state index is 0. The average molecular weight is 719 g/mol. The van der Waals surface area contributed by atoms with Crippen molar-refractivity contribution >= 4 is 22.0 Å². The van der Waals surface area contributed by atoms with Gasteiger partial charge in [-0.25, -0.2) is 0 Å². The number of carbonyl (C=O) groups excluding carboxylic acids is 2. The maximum atomic E-state index is 12.4. The maximum absolute atomic E-state index is 12.4. The van der Waals surface area contributed by atoms with E-state index in [0.29, 0.717) is 46.1 Å². The quantitative estimate of drug-likeness (QED) is 0.158. The molecule has 8 aliphatic carbocycles. The fourth-order valence-electron chi connectivity index (χ4n) is 12.8. The molecular weight excluding hydrogens is 662 g/mol. The van der Waals surface area contributed by atoms with Gasteiger partial charge in [-0.2, -0.15) is 0 Å². The summed E-state index contributed by atoms with van der Waals surface area (Å²) < 4.78 is 34.1. The van der Waals surface area contributed by atoms with Crippen LogP contribution in [0.25, 0.3) is 0 Å². The number of Topliss-reactive ketones (excluding diaryl/α,β-unsaturated/α-hetero) is 2. The van der Waals surface area contributed by atoms with Gasteiger partial charge in [0.05, 0.1) is 12.2 Å². The van der Waals surface area contributed by atoms with Gasteiger partial charge in [0.2, 0.25) is 0 Å². The topological polar surface area (TPSA) is 155 Å². The molecule has 264 valence electrons. The predicted octanol–water partition coefficient (Wildman–Crippen LogP) is 0.428. The molecule has 2 N–H and O–H groups in total. The molecule has 0 bridgehead atoms. The van der Waals surface area contributed by atoms with Gasteiger partial charge in [0.15, 0.2) is 0 Å². The summed E-state index contributed by atoms with van der Waals surface area (Å²) in [6.07, 6.45) is 21.4. The average Bonchev–Trinajstić information content (AvgIpc) is 3.47. The Kier molecular flexibility index (Phi) is 13.3. The first kappa shape index (κ1) is 42.4. The van der Waals surface area contributed by atoms with Crippen LogP contribution in [0.2, 0.25) is 0 Å². The Balaban J connectivity index is 0.000000188. The standard InChI is InChI=1S/2C19H28O2.2Na.H2O4S/c2*1-18-9-7-13(20)11-12(18)3-4-14-15-5-6-17(21)19(15,2)10-8-16(14)18;;;1-5(2,3)4/h2*3,13-16,20H,4-11H2,1-2H3;;;(H2,1,2,3,4)/q;;2*+1;/p-2/t13-,14?,15?,16?,18-,19-;13-,14+,15?,16+,18-,19-;;;/m00.../s1. The Morgan fingerprint density at radius 3 is 1.24 bits per heavy atom. The number of ketones is 2. The van der Waals surface area contributed by atoms with Crippen LogP contribution >= 0.6 is 0 Å². The van der Waals surface area contributed by atoms with Gasteiger partial charge in [0.1, 0.15) is 11.6 Å². The molecule has 6 fully saturated rings. The van der Waals surface area contributed by atoms with Crippen LogP contribution in [0.1, 0.15) is 130 Å². The molecule has 49 heavy (non-hydrogen) atoms. The van der Waals surface area contributed by atoms with Crippen LogP contribution in [0.15, 0.2) is 23.3 Å². The van der Waals surface area contributed by atoms with E-state index in [9.17, 15) is 19.8 Å². The molecule has 0 radical (unpaired) electrons. The van der Waals surface area contributed by atoms with Gasteiger partial charge in [-0.05, 0) is 136 Å². The van der Waals surface area contributed by atoms with E-state index in [1.54, 1.807) is 0 Å². The fourth-order valence-corrected chi connectivity index (χ4v) is 12.8.